The first kappa shape index (κ1) is 11.1. The first-order chi connectivity index (χ1) is 7.50. The lowest BCUT2D eigenvalue weighted by Gasteiger charge is -2.01. The zero-order valence-corrected chi connectivity index (χ0v) is 10.4. The smallest absolute Gasteiger partial charge is 0.355 e. The Labute approximate surface area is 100 Å². The molecule has 0 unspecified atom stereocenters. The Morgan fingerprint density at radius 3 is 2.81 bits per heavy atom. The largest absolute Gasteiger partial charge is 0.476 e. The van der Waals surface area contributed by atoms with Crippen molar-refractivity contribution < 1.29 is 9.90 Å². The summed E-state index contributed by atoms with van der Waals surface area (Å²) in [5.74, 6) is -0.792. The van der Waals surface area contributed by atoms with Gasteiger partial charge in [0.25, 0.3) is 0 Å². The zero-order chi connectivity index (χ0) is 11.9. The minimum Gasteiger partial charge on any atom is -0.476 e. The van der Waals surface area contributed by atoms with Gasteiger partial charge in [0.15, 0.2) is 11.3 Å². The number of fused-ring (bicyclic) bond motifs is 1. The summed E-state index contributed by atoms with van der Waals surface area (Å²) in [4.78, 5) is 15.2. The average Bonchev–Trinajstić information content (AvgIpc) is 2.60. The van der Waals surface area contributed by atoms with Crippen molar-refractivity contribution in [3.8, 4) is 0 Å². The van der Waals surface area contributed by atoms with Crippen molar-refractivity contribution >= 4 is 27.5 Å². The summed E-state index contributed by atoms with van der Waals surface area (Å²) in [5, 5.41) is 13.3. The molecule has 0 saturated heterocycles. The first-order valence-corrected chi connectivity index (χ1v) is 5.57. The molecule has 2 aromatic heterocycles. The highest BCUT2D eigenvalue weighted by molar-refractivity contribution is 9.10. The molecule has 2 heterocycles. The number of carboxylic acids is 1. The molecule has 1 N–H and O–H groups in total. The van der Waals surface area contributed by atoms with Gasteiger partial charge in [-0.3, -0.25) is 0 Å². The molecule has 0 aliphatic rings. The Balaban J connectivity index is 2.77. The number of aromatic nitrogens is 3. The summed E-state index contributed by atoms with van der Waals surface area (Å²) in [5.41, 5.74) is 1.47. The van der Waals surface area contributed by atoms with Crippen LogP contribution in [0, 0.1) is 0 Å². The van der Waals surface area contributed by atoms with E-state index < -0.39 is 5.97 Å². The number of nitrogens with zero attached hydrogens (tertiary/aromatic N) is 3. The lowest BCUT2D eigenvalue weighted by Crippen LogP contribution is -2.08. The van der Waals surface area contributed by atoms with Gasteiger partial charge in [-0.05, 0) is 21.8 Å². The second-order valence-electron chi connectivity index (χ2n) is 3.75. The van der Waals surface area contributed by atoms with Gasteiger partial charge in [0.05, 0.1) is 10.2 Å². The van der Waals surface area contributed by atoms with Gasteiger partial charge in [-0.15, -0.1) is 0 Å². The summed E-state index contributed by atoms with van der Waals surface area (Å²) in [6, 6.07) is 1.80. The Bertz CT molecular complexity index is 562. The highest BCUT2D eigenvalue weighted by Gasteiger charge is 2.17. The maximum absolute atomic E-state index is 11.1. The van der Waals surface area contributed by atoms with Crippen molar-refractivity contribution in [2.45, 2.75) is 19.8 Å². The SMILES string of the molecule is CC(C)c1cc2ncc(Br)c(C(=O)O)n2n1. The van der Waals surface area contributed by atoms with E-state index >= 15 is 0 Å². The second kappa shape index (κ2) is 3.86. The molecule has 0 aliphatic carbocycles. The van der Waals surface area contributed by atoms with Crippen LogP contribution in [0.15, 0.2) is 16.7 Å². The van der Waals surface area contributed by atoms with Crippen LogP contribution in [-0.4, -0.2) is 25.7 Å². The quantitative estimate of drug-likeness (QED) is 0.918. The van der Waals surface area contributed by atoms with Crippen LogP contribution in [0.2, 0.25) is 0 Å². The van der Waals surface area contributed by atoms with Gasteiger partial charge >= 0.3 is 5.97 Å². The molecular weight excluding hydrogens is 274 g/mol. The summed E-state index contributed by atoms with van der Waals surface area (Å²) in [6.45, 7) is 3.99. The van der Waals surface area contributed by atoms with E-state index in [4.69, 9.17) is 5.11 Å². The van der Waals surface area contributed by atoms with Crippen LogP contribution in [0.5, 0.6) is 0 Å². The van der Waals surface area contributed by atoms with Gasteiger partial charge in [0, 0.05) is 12.3 Å². The van der Waals surface area contributed by atoms with E-state index in [9.17, 15) is 4.79 Å². The van der Waals surface area contributed by atoms with Crippen molar-refractivity contribution in [1.82, 2.24) is 14.6 Å². The topological polar surface area (TPSA) is 67.5 Å². The third-order valence-corrected chi connectivity index (χ3v) is 2.83. The Hall–Kier alpha value is -1.43. The summed E-state index contributed by atoms with van der Waals surface area (Å²) < 4.78 is 1.77. The molecule has 0 amide bonds. The molecule has 6 heteroatoms. The zero-order valence-electron chi connectivity index (χ0n) is 8.81. The van der Waals surface area contributed by atoms with Crippen LogP contribution in [0.3, 0.4) is 0 Å². The van der Waals surface area contributed by atoms with E-state index in [0.29, 0.717) is 10.1 Å². The summed E-state index contributed by atoms with van der Waals surface area (Å²) >= 11 is 3.16. The number of carbonyl (C=O) groups is 1. The van der Waals surface area contributed by atoms with Crippen LogP contribution in [-0.2, 0) is 0 Å². The van der Waals surface area contributed by atoms with Crippen molar-refractivity contribution in [3.63, 3.8) is 0 Å². The third kappa shape index (κ3) is 1.69. The predicted octanol–water partition coefficient (Wildman–Crippen LogP) is 2.31. The van der Waals surface area contributed by atoms with Crippen LogP contribution in [0.25, 0.3) is 5.65 Å². The third-order valence-electron chi connectivity index (χ3n) is 2.25. The predicted molar refractivity (Wildman–Crippen MR) is 61.7 cm³/mol. The molecule has 0 saturated carbocycles. The van der Waals surface area contributed by atoms with Gasteiger partial charge in [-0.2, -0.15) is 5.10 Å². The Morgan fingerprint density at radius 2 is 2.25 bits per heavy atom. The van der Waals surface area contributed by atoms with E-state index in [-0.39, 0.29) is 11.6 Å². The van der Waals surface area contributed by atoms with E-state index in [1.807, 2.05) is 13.8 Å². The number of hydrogen-bond acceptors (Lipinski definition) is 3. The standard InChI is InChI=1S/C10H10BrN3O2/c1-5(2)7-3-8-12-4-6(11)9(10(15)16)14(8)13-7/h3-5H,1-2H3,(H,15,16). The van der Waals surface area contributed by atoms with Crippen LogP contribution in [0.1, 0.15) is 35.9 Å². The average molecular weight is 284 g/mol. The monoisotopic (exact) mass is 283 g/mol. The Morgan fingerprint density at radius 1 is 1.56 bits per heavy atom. The molecule has 5 nitrogen and oxygen atoms in total. The molecule has 84 valence electrons. The fourth-order valence-electron chi connectivity index (χ4n) is 1.41. The van der Waals surface area contributed by atoms with Crippen LogP contribution in [0.4, 0.5) is 0 Å². The first-order valence-electron chi connectivity index (χ1n) is 4.78. The molecule has 0 spiro atoms. The number of halogens is 1. The summed E-state index contributed by atoms with van der Waals surface area (Å²) in [7, 11) is 0. The lowest BCUT2D eigenvalue weighted by atomic mass is 10.1. The molecule has 0 radical (unpaired) electrons. The van der Waals surface area contributed by atoms with Gasteiger partial charge in [0.1, 0.15) is 0 Å². The number of carboxylic acid groups (broad SMARTS) is 1. The maximum Gasteiger partial charge on any atom is 0.355 e. The molecule has 16 heavy (non-hydrogen) atoms. The Kier molecular flexibility index (Phi) is 2.67. The molecular formula is C10H10BrN3O2. The van der Waals surface area contributed by atoms with Crippen molar-refractivity contribution in [1.29, 1.82) is 0 Å². The van der Waals surface area contributed by atoms with E-state index in [1.54, 1.807) is 6.07 Å². The highest BCUT2D eigenvalue weighted by Crippen LogP contribution is 2.20. The molecule has 0 atom stereocenters. The molecule has 2 aromatic rings. The van der Waals surface area contributed by atoms with Crippen molar-refractivity contribution in [2.24, 2.45) is 0 Å². The normalized spacial score (nSPS) is 11.2. The number of aromatic carboxylic acids is 1. The molecule has 0 aromatic carbocycles. The fourth-order valence-corrected chi connectivity index (χ4v) is 1.85. The highest BCUT2D eigenvalue weighted by atomic mass is 79.9. The summed E-state index contributed by atoms with van der Waals surface area (Å²) in [6.07, 6.45) is 1.48. The van der Waals surface area contributed by atoms with Gasteiger partial charge < -0.3 is 5.11 Å². The molecule has 0 bridgehead atoms. The van der Waals surface area contributed by atoms with Crippen LogP contribution >= 0.6 is 15.9 Å². The fraction of sp³-hybridized carbons (Fsp3) is 0.300. The molecule has 2 rings (SSSR count). The lowest BCUT2D eigenvalue weighted by molar-refractivity contribution is 0.0686. The van der Waals surface area contributed by atoms with E-state index in [2.05, 4.69) is 26.0 Å². The molecule has 0 aliphatic heterocycles. The van der Waals surface area contributed by atoms with Crippen molar-refractivity contribution in [3.05, 3.63) is 28.1 Å². The van der Waals surface area contributed by atoms with Gasteiger partial charge in [-0.1, -0.05) is 13.8 Å². The number of hydrogen-bond donors (Lipinski definition) is 1. The van der Waals surface area contributed by atoms with Crippen molar-refractivity contribution in [2.75, 3.05) is 0 Å². The minimum atomic E-state index is -1.03. The maximum atomic E-state index is 11.1. The number of rotatable bonds is 2. The van der Waals surface area contributed by atoms with Gasteiger partial charge in [-0.25, -0.2) is 14.3 Å². The van der Waals surface area contributed by atoms with E-state index in [0.717, 1.165) is 5.69 Å². The van der Waals surface area contributed by atoms with Crippen LogP contribution < -0.4 is 0 Å². The second-order valence-corrected chi connectivity index (χ2v) is 4.61. The minimum absolute atomic E-state index is 0.0944. The van der Waals surface area contributed by atoms with Gasteiger partial charge in [0.2, 0.25) is 0 Å². The molecule has 0 fully saturated rings. The van der Waals surface area contributed by atoms with E-state index in [1.165, 1.54) is 10.7 Å².